The molecular weight excluding hydrogens is 210 g/mol. The van der Waals surface area contributed by atoms with E-state index in [0.717, 1.165) is 23.2 Å². The van der Waals surface area contributed by atoms with E-state index in [9.17, 15) is 4.79 Å². The van der Waals surface area contributed by atoms with Gasteiger partial charge in [-0.15, -0.1) is 0 Å². The highest BCUT2D eigenvalue weighted by Crippen LogP contribution is 2.33. The predicted molar refractivity (Wildman–Crippen MR) is 69.6 cm³/mol. The molecule has 0 saturated heterocycles. The van der Waals surface area contributed by atoms with Crippen LogP contribution in [0.15, 0.2) is 48.1 Å². The number of aryl methyl sites for hydroxylation is 1. The average molecular weight is 223 g/mol. The summed E-state index contributed by atoms with van der Waals surface area (Å²) >= 11 is 0. The van der Waals surface area contributed by atoms with Gasteiger partial charge in [-0.3, -0.25) is 4.79 Å². The third kappa shape index (κ3) is 1.72. The smallest absolute Gasteiger partial charge is 0.256 e. The number of carbonyl (C=O) groups excluding carboxylic acids is 1. The summed E-state index contributed by atoms with van der Waals surface area (Å²) < 4.78 is 0. The van der Waals surface area contributed by atoms with E-state index in [0.29, 0.717) is 0 Å². The molecule has 17 heavy (non-hydrogen) atoms. The van der Waals surface area contributed by atoms with Gasteiger partial charge < -0.3 is 5.32 Å². The van der Waals surface area contributed by atoms with Gasteiger partial charge in [0.1, 0.15) is 0 Å². The number of hydrogen-bond acceptors (Lipinski definition) is 1. The Bertz CT molecular complexity index is 591. The van der Waals surface area contributed by atoms with Gasteiger partial charge >= 0.3 is 0 Å². The van der Waals surface area contributed by atoms with Crippen molar-refractivity contribution >= 4 is 17.2 Å². The number of carbonyl (C=O) groups is 1. The highest BCUT2D eigenvalue weighted by Gasteiger charge is 2.24. The first-order chi connectivity index (χ1) is 8.24. The minimum absolute atomic E-state index is 0.00148. The minimum Gasteiger partial charge on any atom is -0.321 e. The van der Waals surface area contributed by atoms with Gasteiger partial charge in [-0.05, 0) is 37.1 Å². The lowest BCUT2D eigenvalue weighted by Gasteiger charge is -2.00. The standard InChI is InChI=1S/C15H13NO/c1-10-6-7-14-12(8-10)13(15(17)16-14)9-11-4-2-3-5-11/h2-4,6-9H,5H2,1H3,(H,16,17)/b13-9-. The van der Waals surface area contributed by atoms with E-state index in [1.165, 1.54) is 11.1 Å². The zero-order valence-corrected chi connectivity index (χ0v) is 9.66. The van der Waals surface area contributed by atoms with Crippen molar-refractivity contribution in [3.63, 3.8) is 0 Å². The van der Waals surface area contributed by atoms with E-state index in [-0.39, 0.29) is 5.91 Å². The van der Waals surface area contributed by atoms with E-state index < -0.39 is 0 Å². The van der Waals surface area contributed by atoms with Crippen LogP contribution in [0.4, 0.5) is 5.69 Å². The molecule has 1 aliphatic heterocycles. The van der Waals surface area contributed by atoms with Gasteiger partial charge in [0.05, 0.1) is 0 Å². The molecule has 1 heterocycles. The van der Waals surface area contributed by atoms with E-state index in [1.807, 2.05) is 37.3 Å². The number of benzene rings is 1. The Balaban J connectivity index is 2.07. The first kappa shape index (κ1) is 10.1. The van der Waals surface area contributed by atoms with Crippen LogP contribution in [0.2, 0.25) is 0 Å². The summed E-state index contributed by atoms with van der Waals surface area (Å²) in [6.45, 7) is 2.04. The maximum Gasteiger partial charge on any atom is 0.256 e. The summed E-state index contributed by atoms with van der Waals surface area (Å²) in [5, 5.41) is 2.89. The largest absolute Gasteiger partial charge is 0.321 e. The van der Waals surface area contributed by atoms with Crippen molar-refractivity contribution < 1.29 is 4.79 Å². The third-order valence-corrected chi connectivity index (χ3v) is 3.09. The summed E-state index contributed by atoms with van der Waals surface area (Å²) in [5.41, 5.74) is 5.06. The lowest BCUT2D eigenvalue weighted by Crippen LogP contribution is -2.03. The van der Waals surface area contributed by atoms with Crippen molar-refractivity contribution in [3.8, 4) is 0 Å². The second kappa shape index (κ2) is 3.74. The molecule has 2 aliphatic rings. The number of allylic oxidation sites excluding steroid dienone is 5. The zero-order valence-electron chi connectivity index (χ0n) is 9.66. The zero-order chi connectivity index (χ0) is 11.8. The fraction of sp³-hybridized carbons (Fsp3) is 0.133. The predicted octanol–water partition coefficient (Wildman–Crippen LogP) is 3.22. The molecule has 1 amide bonds. The molecule has 0 aromatic heterocycles. The second-order valence-electron chi connectivity index (χ2n) is 4.44. The van der Waals surface area contributed by atoms with Gasteiger partial charge in [0.2, 0.25) is 0 Å². The van der Waals surface area contributed by atoms with Crippen LogP contribution in [0.1, 0.15) is 17.5 Å². The molecule has 1 aliphatic carbocycles. The Morgan fingerprint density at radius 2 is 2.24 bits per heavy atom. The highest BCUT2D eigenvalue weighted by molar-refractivity contribution is 6.31. The fourth-order valence-electron chi connectivity index (χ4n) is 2.20. The van der Waals surface area contributed by atoms with Crippen molar-refractivity contribution in [2.24, 2.45) is 0 Å². The lowest BCUT2D eigenvalue weighted by atomic mass is 10.0. The van der Waals surface area contributed by atoms with Crippen LogP contribution in [0.25, 0.3) is 5.57 Å². The molecule has 0 radical (unpaired) electrons. The van der Waals surface area contributed by atoms with Gasteiger partial charge in [0.25, 0.3) is 5.91 Å². The molecule has 0 spiro atoms. The summed E-state index contributed by atoms with van der Waals surface area (Å²) in [7, 11) is 0. The first-order valence-corrected chi connectivity index (χ1v) is 5.74. The molecule has 2 nitrogen and oxygen atoms in total. The number of fused-ring (bicyclic) bond motifs is 1. The third-order valence-electron chi connectivity index (χ3n) is 3.09. The number of nitrogens with one attached hydrogen (secondary N) is 1. The molecule has 84 valence electrons. The molecule has 0 fully saturated rings. The van der Waals surface area contributed by atoms with Crippen molar-refractivity contribution in [2.75, 3.05) is 5.32 Å². The van der Waals surface area contributed by atoms with Crippen LogP contribution in [0, 0.1) is 6.92 Å². The Labute approximate surface area is 100 Å². The molecule has 0 atom stereocenters. The number of anilines is 1. The monoisotopic (exact) mass is 223 g/mol. The van der Waals surface area contributed by atoms with E-state index >= 15 is 0 Å². The van der Waals surface area contributed by atoms with Crippen LogP contribution in [-0.2, 0) is 4.79 Å². The Morgan fingerprint density at radius 3 is 3.00 bits per heavy atom. The molecule has 0 bridgehead atoms. The topological polar surface area (TPSA) is 29.1 Å². The number of amides is 1. The van der Waals surface area contributed by atoms with Gasteiger partial charge in [0, 0.05) is 16.8 Å². The van der Waals surface area contributed by atoms with Gasteiger partial charge in [-0.2, -0.15) is 0 Å². The van der Waals surface area contributed by atoms with Crippen LogP contribution in [0.5, 0.6) is 0 Å². The molecule has 3 rings (SSSR count). The molecular formula is C15H13NO. The molecule has 1 N–H and O–H groups in total. The normalized spacial score (nSPS) is 19.5. The van der Waals surface area contributed by atoms with Crippen molar-refractivity contribution in [2.45, 2.75) is 13.3 Å². The van der Waals surface area contributed by atoms with Crippen LogP contribution in [-0.4, -0.2) is 5.91 Å². The summed E-state index contributed by atoms with van der Waals surface area (Å²) in [5.74, 6) is -0.00148. The summed E-state index contributed by atoms with van der Waals surface area (Å²) in [6, 6.07) is 6.03. The lowest BCUT2D eigenvalue weighted by molar-refractivity contribution is -0.110. The maximum atomic E-state index is 11.9. The van der Waals surface area contributed by atoms with Crippen LogP contribution in [0.3, 0.4) is 0 Å². The minimum atomic E-state index is -0.00148. The molecule has 1 aromatic rings. The first-order valence-electron chi connectivity index (χ1n) is 5.74. The van der Waals surface area contributed by atoms with Gasteiger partial charge in [-0.1, -0.05) is 29.9 Å². The molecule has 1 aromatic carbocycles. The van der Waals surface area contributed by atoms with Crippen molar-refractivity contribution in [3.05, 3.63) is 59.2 Å². The van der Waals surface area contributed by atoms with Crippen LogP contribution < -0.4 is 5.32 Å². The average Bonchev–Trinajstić information content (AvgIpc) is 2.90. The quantitative estimate of drug-likeness (QED) is 0.728. The summed E-state index contributed by atoms with van der Waals surface area (Å²) in [4.78, 5) is 11.9. The van der Waals surface area contributed by atoms with Gasteiger partial charge in [0.15, 0.2) is 0 Å². The van der Waals surface area contributed by atoms with E-state index in [1.54, 1.807) is 0 Å². The van der Waals surface area contributed by atoms with E-state index in [4.69, 9.17) is 0 Å². The summed E-state index contributed by atoms with van der Waals surface area (Å²) in [6.07, 6.45) is 9.07. The SMILES string of the molecule is Cc1ccc2c(c1)/C(=C/C1=CC=CC1)C(=O)N2. The number of rotatable bonds is 1. The molecule has 0 saturated carbocycles. The molecule has 0 unspecified atom stereocenters. The number of hydrogen-bond donors (Lipinski definition) is 1. The van der Waals surface area contributed by atoms with Crippen molar-refractivity contribution in [1.29, 1.82) is 0 Å². The van der Waals surface area contributed by atoms with Gasteiger partial charge in [-0.25, -0.2) is 0 Å². The Morgan fingerprint density at radius 1 is 1.35 bits per heavy atom. The second-order valence-corrected chi connectivity index (χ2v) is 4.44. The van der Waals surface area contributed by atoms with E-state index in [2.05, 4.69) is 17.5 Å². The maximum absolute atomic E-state index is 11.9. The Kier molecular flexibility index (Phi) is 2.22. The highest BCUT2D eigenvalue weighted by atomic mass is 16.2. The van der Waals surface area contributed by atoms with Crippen molar-refractivity contribution in [1.82, 2.24) is 0 Å². The fourth-order valence-corrected chi connectivity index (χ4v) is 2.20. The molecule has 2 heteroatoms. The Hall–Kier alpha value is -2.09. The van der Waals surface area contributed by atoms with Crippen LogP contribution >= 0.6 is 0 Å².